The Balaban J connectivity index is 1.31. The molecule has 1 aliphatic heterocycles. The molecule has 2 fully saturated rings. The molecule has 3 aliphatic rings. The standard InChI is InChI=1S/C30H32ClNO5/c1-18-15-24(27-21-5-4-6-22(21)29(34)37-25(27)16-18)36-17-26(33)32-14-13-30(35)12-3-2-7-23(30)28(32)19-8-10-20(31)11-9-19/h8-11,15-16,23,28,35H,2-7,12-14,17H2,1H3/t23?,28-,30?/m0/s1. The Bertz CT molecular complexity index is 1410. The number of likely N-dealkylation sites (tertiary alicyclic amines) is 1. The molecule has 2 unspecified atom stereocenters. The van der Waals surface area contributed by atoms with Crippen molar-refractivity contribution in [2.24, 2.45) is 5.92 Å². The third kappa shape index (κ3) is 4.34. The second-order valence-corrected chi connectivity index (χ2v) is 11.4. The highest BCUT2D eigenvalue weighted by atomic mass is 35.5. The summed E-state index contributed by atoms with van der Waals surface area (Å²) in [5.41, 5.74) is 3.08. The van der Waals surface area contributed by atoms with Gasteiger partial charge < -0.3 is 19.2 Å². The number of aryl methyl sites for hydroxylation is 2. The topological polar surface area (TPSA) is 80.0 Å². The van der Waals surface area contributed by atoms with Gasteiger partial charge in [0.05, 0.1) is 17.0 Å². The number of benzene rings is 2. The van der Waals surface area contributed by atoms with E-state index in [4.69, 9.17) is 20.8 Å². The maximum absolute atomic E-state index is 13.7. The zero-order valence-electron chi connectivity index (χ0n) is 21.1. The molecule has 2 heterocycles. The molecule has 3 aromatic rings. The summed E-state index contributed by atoms with van der Waals surface area (Å²) in [6.07, 6.45) is 6.69. The Hall–Kier alpha value is -2.83. The summed E-state index contributed by atoms with van der Waals surface area (Å²) >= 11 is 6.17. The molecule has 3 atom stereocenters. The van der Waals surface area contributed by atoms with Gasteiger partial charge in [0.25, 0.3) is 5.91 Å². The van der Waals surface area contributed by atoms with Crippen LogP contribution in [0.15, 0.2) is 45.6 Å². The number of carbonyl (C=O) groups excluding carboxylic acids is 1. The third-order valence-electron chi connectivity index (χ3n) is 8.63. The highest BCUT2D eigenvalue weighted by molar-refractivity contribution is 6.30. The number of aliphatic hydroxyl groups is 1. The van der Waals surface area contributed by atoms with Crippen molar-refractivity contribution in [1.82, 2.24) is 4.90 Å². The lowest BCUT2D eigenvalue weighted by Gasteiger charge is -2.52. The first-order valence-electron chi connectivity index (χ1n) is 13.3. The van der Waals surface area contributed by atoms with Crippen molar-refractivity contribution in [3.8, 4) is 5.75 Å². The van der Waals surface area contributed by atoms with Crippen LogP contribution in [-0.2, 0) is 17.6 Å². The molecule has 0 spiro atoms. The molecule has 6 nitrogen and oxygen atoms in total. The molecule has 2 aliphatic carbocycles. The van der Waals surface area contributed by atoms with Gasteiger partial charge in [-0.25, -0.2) is 4.79 Å². The SMILES string of the molecule is Cc1cc(OCC(=O)N2CCC3(O)CCCCC3[C@@H]2c2ccc(Cl)cc2)c2c3c(c(=O)oc2c1)CCC3. The number of piperidine rings is 1. The summed E-state index contributed by atoms with van der Waals surface area (Å²) in [5, 5.41) is 13.0. The molecule has 1 saturated heterocycles. The van der Waals surface area contributed by atoms with Gasteiger partial charge in [0, 0.05) is 23.0 Å². The van der Waals surface area contributed by atoms with E-state index in [-0.39, 0.29) is 30.1 Å². The number of fused-ring (bicyclic) bond motifs is 4. The van der Waals surface area contributed by atoms with Gasteiger partial charge in [-0.2, -0.15) is 0 Å². The summed E-state index contributed by atoms with van der Waals surface area (Å²) in [6, 6.07) is 11.2. The predicted octanol–water partition coefficient (Wildman–Crippen LogP) is 5.52. The van der Waals surface area contributed by atoms with E-state index >= 15 is 0 Å². The average molecular weight is 522 g/mol. The minimum Gasteiger partial charge on any atom is -0.483 e. The average Bonchev–Trinajstić information content (AvgIpc) is 3.37. The number of hydrogen-bond acceptors (Lipinski definition) is 5. The molecular formula is C30H32ClNO5. The number of nitrogens with zero attached hydrogens (tertiary/aromatic N) is 1. The van der Waals surface area contributed by atoms with Crippen LogP contribution < -0.4 is 10.4 Å². The van der Waals surface area contributed by atoms with Crippen LogP contribution in [0, 0.1) is 12.8 Å². The van der Waals surface area contributed by atoms with Crippen molar-refractivity contribution in [3.63, 3.8) is 0 Å². The third-order valence-corrected chi connectivity index (χ3v) is 8.88. The first-order valence-corrected chi connectivity index (χ1v) is 13.7. The van der Waals surface area contributed by atoms with Gasteiger partial charge in [0.1, 0.15) is 11.3 Å². The van der Waals surface area contributed by atoms with Crippen LogP contribution in [0.5, 0.6) is 5.75 Å². The molecule has 194 valence electrons. The van der Waals surface area contributed by atoms with Crippen molar-refractivity contribution >= 4 is 28.5 Å². The Morgan fingerprint density at radius 2 is 1.92 bits per heavy atom. The Labute approximate surface area is 221 Å². The van der Waals surface area contributed by atoms with E-state index < -0.39 is 5.60 Å². The Morgan fingerprint density at radius 1 is 1.14 bits per heavy atom. The van der Waals surface area contributed by atoms with Crippen molar-refractivity contribution in [2.45, 2.75) is 69.9 Å². The van der Waals surface area contributed by atoms with Crippen LogP contribution in [-0.4, -0.2) is 34.7 Å². The summed E-state index contributed by atoms with van der Waals surface area (Å²) in [7, 11) is 0. The zero-order chi connectivity index (χ0) is 25.7. The lowest BCUT2D eigenvalue weighted by Crippen LogP contribution is -2.56. The normalized spacial score (nSPS) is 25.1. The lowest BCUT2D eigenvalue weighted by atomic mass is 9.66. The molecule has 2 aromatic carbocycles. The van der Waals surface area contributed by atoms with Crippen LogP contribution in [0.25, 0.3) is 11.0 Å². The molecule has 0 radical (unpaired) electrons. The van der Waals surface area contributed by atoms with Gasteiger partial charge in [0.15, 0.2) is 6.61 Å². The molecule has 0 bridgehead atoms. The van der Waals surface area contributed by atoms with Crippen molar-refractivity contribution in [3.05, 3.63) is 74.1 Å². The lowest BCUT2D eigenvalue weighted by molar-refractivity contribution is -0.157. The fourth-order valence-corrected chi connectivity index (χ4v) is 7.00. The Morgan fingerprint density at radius 3 is 2.73 bits per heavy atom. The number of rotatable bonds is 4. The molecule has 1 aromatic heterocycles. The fourth-order valence-electron chi connectivity index (χ4n) is 6.88. The van der Waals surface area contributed by atoms with E-state index in [1.807, 2.05) is 48.2 Å². The largest absolute Gasteiger partial charge is 0.483 e. The number of amides is 1. The van der Waals surface area contributed by atoms with Crippen molar-refractivity contribution < 1.29 is 19.1 Å². The van der Waals surface area contributed by atoms with Crippen LogP contribution in [0.3, 0.4) is 0 Å². The van der Waals surface area contributed by atoms with Gasteiger partial charge in [-0.3, -0.25) is 4.79 Å². The number of carbonyl (C=O) groups is 1. The Kier molecular flexibility index (Phi) is 6.28. The molecule has 6 rings (SSSR count). The molecule has 37 heavy (non-hydrogen) atoms. The number of ether oxygens (including phenoxy) is 1. The highest BCUT2D eigenvalue weighted by Crippen LogP contribution is 2.49. The maximum atomic E-state index is 13.7. The van der Waals surface area contributed by atoms with E-state index in [1.165, 1.54) is 0 Å². The van der Waals surface area contributed by atoms with Crippen LogP contribution in [0.1, 0.15) is 66.8 Å². The van der Waals surface area contributed by atoms with E-state index in [0.29, 0.717) is 35.7 Å². The summed E-state index contributed by atoms with van der Waals surface area (Å²) < 4.78 is 11.8. The maximum Gasteiger partial charge on any atom is 0.339 e. The monoisotopic (exact) mass is 521 g/mol. The van der Waals surface area contributed by atoms with E-state index in [1.54, 1.807) is 0 Å². The minimum absolute atomic E-state index is 0.0301. The number of hydrogen-bond donors (Lipinski definition) is 1. The summed E-state index contributed by atoms with van der Waals surface area (Å²) in [4.78, 5) is 28.1. The van der Waals surface area contributed by atoms with Crippen molar-refractivity contribution in [2.75, 3.05) is 13.2 Å². The van der Waals surface area contributed by atoms with Crippen LogP contribution >= 0.6 is 11.6 Å². The zero-order valence-corrected chi connectivity index (χ0v) is 21.9. The fraction of sp³-hybridized carbons (Fsp3) is 0.467. The first kappa shape index (κ1) is 24.5. The second-order valence-electron chi connectivity index (χ2n) is 10.9. The van der Waals surface area contributed by atoms with Gasteiger partial charge in [-0.1, -0.05) is 36.6 Å². The van der Waals surface area contributed by atoms with Gasteiger partial charge in [-0.15, -0.1) is 0 Å². The van der Waals surface area contributed by atoms with Crippen LogP contribution in [0.2, 0.25) is 5.02 Å². The summed E-state index contributed by atoms with van der Waals surface area (Å²) in [5.74, 6) is 0.438. The van der Waals surface area contributed by atoms with E-state index in [9.17, 15) is 14.7 Å². The predicted molar refractivity (Wildman–Crippen MR) is 142 cm³/mol. The molecule has 7 heteroatoms. The smallest absolute Gasteiger partial charge is 0.339 e. The second kappa shape index (κ2) is 9.48. The number of halogens is 1. The summed E-state index contributed by atoms with van der Waals surface area (Å²) in [6.45, 7) is 2.27. The quantitative estimate of drug-likeness (QED) is 0.457. The minimum atomic E-state index is -0.759. The van der Waals surface area contributed by atoms with Gasteiger partial charge >= 0.3 is 5.63 Å². The molecule has 1 N–H and O–H groups in total. The molecule has 1 saturated carbocycles. The molecular weight excluding hydrogens is 490 g/mol. The van der Waals surface area contributed by atoms with E-state index in [0.717, 1.165) is 66.2 Å². The van der Waals surface area contributed by atoms with E-state index in [2.05, 4.69) is 0 Å². The van der Waals surface area contributed by atoms with Crippen LogP contribution in [0.4, 0.5) is 0 Å². The van der Waals surface area contributed by atoms with Gasteiger partial charge in [0.2, 0.25) is 0 Å². The highest BCUT2D eigenvalue weighted by Gasteiger charge is 2.50. The first-order chi connectivity index (χ1) is 17.8. The van der Waals surface area contributed by atoms with Gasteiger partial charge in [-0.05, 0) is 86.4 Å². The van der Waals surface area contributed by atoms with Crippen molar-refractivity contribution in [1.29, 1.82) is 0 Å². The molecule has 1 amide bonds.